The highest BCUT2D eigenvalue weighted by Crippen LogP contribution is 2.11. The molecule has 0 spiro atoms. The molecule has 3 nitrogen and oxygen atoms in total. The van der Waals surface area contributed by atoms with Crippen LogP contribution in [0.1, 0.15) is 26.2 Å². The summed E-state index contributed by atoms with van der Waals surface area (Å²) in [4.78, 5) is 0. The van der Waals surface area contributed by atoms with Crippen molar-refractivity contribution in [2.75, 3.05) is 26.3 Å². The largest absolute Gasteiger partial charge is 0.393 e. The van der Waals surface area contributed by atoms with E-state index in [0.717, 1.165) is 32.0 Å². The lowest BCUT2D eigenvalue weighted by Gasteiger charge is -2.22. The van der Waals surface area contributed by atoms with E-state index in [1.54, 1.807) is 6.92 Å². The Hall–Kier alpha value is -0.120. The average molecular weight is 187 g/mol. The highest BCUT2D eigenvalue weighted by Gasteiger charge is 2.12. The average Bonchev–Trinajstić information content (AvgIpc) is 2.14. The molecule has 78 valence electrons. The zero-order chi connectivity index (χ0) is 9.52. The van der Waals surface area contributed by atoms with Crippen LogP contribution in [-0.4, -0.2) is 37.5 Å². The lowest BCUT2D eigenvalue weighted by molar-refractivity contribution is 0.0607. The summed E-state index contributed by atoms with van der Waals surface area (Å²) in [5.41, 5.74) is 0. The van der Waals surface area contributed by atoms with E-state index in [1.165, 1.54) is 12.8 Å². The van der Waals surface area contributed by atoms with E-state index >= 15 is 0 Å². The molecule has 1 aliphatic heterocycles. The van der Waals surface area contributed by atoms with Crippen molar-refractivity contribution in [3.63, 3.8) is 0 Å². The van der Waals surface area contributed by atoms with E-state index in [9.17, 15) is 0 Å². The number of piperidine rings is 1. The van der Waals surface area contributed by atoms with Crippen molar-refractivity contribution in [2.45, 2.75) is 32.3 Å². The van der Waals surface area contributed by atoms with Crippen LogP contribution < -0.4 is 5.32 Å². The predicted octanol–water partition coefficient (Wildman–Crippen LogP) is 0.773. The van der Waals surface area contributed by atoms with Gasteiger partial charge in [-0.1, -0.05) is 0 Å². The topological polar surface area (TPSA) is 41.5 Å². The van der Waals surface area contributed by atoms with Gasteiger partial charge in [-0.05, 0) is 45.2 Å². The van der Waals surface area contributed by atoms with Gasteiger partial charge in [0.05, 0.1) is 6.10 Å². The Balaban J connectivity index is 1.92. The second-order valence-electron chi connectivity index (χ2n) is 3.91. The molecule has 1 fully saturated rings. The number of hydrogen-bond acceptors (Lipinski definition) is 3. The third-order valence-corrected chi connectivity index (χ3v) is 2.49. The Morgan fingerprint density at radius 2 is 2.15 bits per heavy atom. The second kappa shape index (κ2) is 6.35. The highest BCUT2D eigenvalue weighted by molar-refractivity contribution is 4.67. The van der Waals surface area contributed by atoms with Crippen LogP contribution in [0.3, 0.4) is 0 Å². The molecule has 1 heterocycles. The SMILES string of the molecule is CC(O)CCOCC1CCNCC1. The highest BCUT2D eigenvalue weighted by atomic mass is 16.5. The predicted molar refractivity (Wildman–Crippen MR) is 52.7 cm³/mol. The van der Waals surface area contributed by atoms with Crippen LogP contribution in [0.4, 0.5) is 0 Å². The zero-order valence-corrected chi connectivity index (χ0v) is 8.46. The Labute approximate surface area is 80.5 Å². The molecule has 3 heteroatoms. The van der Waals surface area contributed by atoms with Gasteiger partial charge in [0.2, 0.25) is 0 Å². The van der Waals surface area contributed by atoms with Crippen molar-refractivity contribution in [2.24, 2.45) is 5.92 Å². The maximum Gasteiger partial charge on any atom is 0.0534 e. The van der Waals surface area contributed by atoms with Gasteiger partial charge in [0, 0.05) is 13.2 Å². The summed E-state index contributed by atoms with van der Waals surface area (Å²) < 4.78 is 5.50. The summed E-state index contributed by atoms with van der Waals surface area (Å²) in [6.07, 6.45) is 2.99. The van der Waals surface area contributed by atoms with Crippen molar-refractivity contribution in [1.82, 2.24) is 5.32 Å². The smallest absolute Gasteiger partial charge is 0.0534 e. The van der Waals surface area contributed by atoms with Gasteiger partial charge < -0.3 is 15.2 Å². The monoisotopic (exact) mass is 187 g/mol. The van der Waals surface area contributed by atoms with Gasteiger partial charge in [0.15, 0.2) is 0 Å². The molecule has 1 atom stereocenters. The summed E-state index contributed by atoms with van der Waals surface area (Å²) in [7, 11) is 0. The fraction of sp³-hybridized carbons (Fsp3) is 1.00. The fourth-order valence-corrected chi connectivity index (χ4v) is 1.55. The normalized spacial score (nSPS) is 21.7. The van der Waals surface area contributed by atoms with Crippen LogP contribution in [0.5, 0.6) is 0 Å². The minimum Gasteiger partial charge on any atom is -0.393 e. The van der Waals surface area contributed by atoms with Crippen molar-refractivity contribution in [3.05, 3.63) is 0 Å². The fourth-order valence-electron chi connectivity index (χ4n) is 1.55. The molecule has 1 unspecified atom stereocenters. The lowest BCUT2D eigenvalue weighted by atomic mass is 9.99. The maximum atomic E-state index is 9.00. The van der Waals surface area contributed by atoms with E-state index < -0.39 is 0 Å². The molecule has 0 aromatic carbocycles. The first-order valence-electron chi connectivity index (χ1n) is 5.25. The number of hydrogen-bond donors (Lipinski definition) is 2. The lowest BCUT2D eigenvalue weighted by Crippen LogP contribution is -2.30. The van der Waals surface area contributed by atoms with Gasteiger partial charge in [-0.2, -0.15) is 0 Å². The summed E-state index contributed by atoms with van der Waals surface area (Å²) in [5, 5.41) is 12.3. The minimum absolute atomic E-state index is 0.229. The molecule has 0 radical (unpaired) electrons. The molecule has 0 bridgehead atoms. The first-order valence-corrected chi connectivity index (χ1v) is 5.25. The van der Waals surface area contributed by atoms with Gasteiger partial charge in [-0.15, -0.1) is 0 Å². The standard InChI is InChI=1S/C10H21NO2/c1-9(12)4-7-13-8-10-2-5-11-6-3-10/h9-12H,2-8H2,1H3. The third kappa shape index (κ3) is 5.24. The number of rotatable bonds is 5. The van der Waals surface area contributed by atoms with Gasteiger partial charge in [-0.3, -0.25) is 0 Å². The van der Waals surface area contributed by atoms with E-state index in [2.05, 4.69) is 5.32 Å². The molecule has 2 N–H and O–H groups in total. The zero-order valence-electron chi connectivity index (χ0n) is 8.46. The van der Waals surface area contributed by atoms with Gasteiger partial charge in [-0.25, -0.2) is 0 Å². The van der Waals surface area contributed by atoms with Crippen LogP contribution in [0.2, 0.25) is 0 Å². The summed E-state index contributed by atoms with van der Waals surface area (Å²) in [5.74, 6) is 0.732. The molecule has 1 rings (SSSR count). The minimum atomic E-state index is -0.229. The van der Waals surface area contributed by atoms with E-state index in [0.29, 0.717) is 6.61 Å². The molecule has 0 aromatic rings. The van der Waals surface area contributed by atoms with Crippen LogP contribution in [0, 0.1) is 5.92 Å². The summed E-state index contributed by atoms with van der Waals surface area (Å²) >= 11 is 0. The van der Waals surface area contributed by atoms with Gasteiger partial charge in [0.1, 0.15) is 0 Å². The Morgan fingerprint density at radius 3 is 2.77 bits per heavy atom. The number of ether oxygens (including phenoxy) is 1. The van der Waals surface area contributed by atoms with Gasteiger partial charge in [0.25, 0.3) is 0 Å². The number of aliphatic hydroxyl groups is 1. The van der Waals surface area contributed by atoms with Crippen LogP contribution in [-0.2, 0) is 4.74 Å². The van der Waals surface area contributed by atoms with Crippen molar-refractivity contribution < 1.29 is 9.84 Å². The van der Waals surface area contributed by atoms with Crippen LogP contribution in [0.25, 0.3) is 0 Å². The number of aliphatic hydroxyl groups excluding tert-OH is 1. The second-order valence-corrected chi connectivity index (χ2v) is 3.91. The van der Waals surface area contributed by atoms with Gasteiger partial charge >= 0.3 is 0 Å². The summed E-state index contributed by atoms with van der Waals surface area (Å²) in [6, 6.07) is 0. The molecular weight excluding hydrogens is 166 g/mol. The van der Waals surface area contributed by atoms with E-state index in [4.69, 9.17) is 9.84 Å². The van der Waals surface area contributed by atoms with Crippen LogP contribution >= 0.6 is 0 Å². The molecule has 0 aromatic heterocycles. The van der Waals surface area contributed by atoms with Crippen molar-refractivity contribution in [1.29, 1.82) is 0 Å². The maximum absolute atomic E-state index is 9.00. The van der Waals surface area contributed by atoms with E-state index in [-0.39, 0.29) is 6.10 Å². The quantitative estimate of drug-likeness (QED) is 0.625. The molecule has 0 saturated carbocycles. The molecule has 1 aliphatic rings. The Morgan fingerprint density at radius 1 is 1.46 bits per heavy atom. The Bertz CT molecular complexity index is 122. The number of nitrogens with one attached hydrogen (secondary N) is 1. The molecule has 1 saturated heterocycles. The molecule has 0 amide bonds. The van der Waals surface area contributed by atoms with Crippen molar-refractivity contribution in [3.8, 4) is 0 Å². The van der Waals surface area contributed by atoms with E-state index in [1.807, 2.05) is 0 Å². The molecule has 13 heavy (non-hydrogen) atoms. The third-order valence-electron chi connectivity index (χ3n) is 2.49. The summed E-state index contributed by atoms with van der Waals surface area (Å²) in [6.45, 7) is 5.62. The van der Waals surface area contributed by atoms with Crippen LogP contribution in [0.15, 0.2) is 0 Å². The first kappa shape index (κ1) is 11.0. The first-order chi connectivity index (χ1) is 6.29. The molecular formula is C10H21NO2. The van der Waals surface area contributed by atoms with Crippen molar-refractivity contribution >= 4 is 0 Å². The Kier molecular flexibility index (Phi) is 5.35. The molecule has 0 aliphatic carbocycles.